The number of halogens is 1. The number of benzene rings is 3. The molecule has 48 heavy (non-hydrogen) atoms. The highest BCUT2D eigenvalue weighted by molar-refractivity contribution is 5.95. The number of nitriles is 1. The van der Waals surface area contributed by atoms with Crippen LogP contribution in [0, 0.1) is 17.1 Å². The average Bonchev–Trinajstić information content (AvgIpc) is 3.79. The third kappa shape index (κ3) is 6.04. The summed E-state index contributed by atoms with van der Waals surface area (Å²) in [4.78, 5) is 43.6. The normalized spacial score (nSPS) is 16.3. The van der Waals surface area contributed by atoms with E-state index in [1.165, 1.54) is 12.1 Å². The molecule has 1 aliphatic carbocycles. The molecule has 0 radical (unpaired) electrons. The Labute approximate surface area is 277 Å². The zero-order valence-corrected chi connectivity index (χ0v) is 26.9. The monoisotopic (exact) mass is 648 g/mol. The van der Waals surface area contributed by atoms with Crippen LogP contribution in [0.4, 0.5) is 4.39 Å². The number of rotatable bonds is 9. The van der Waals surface area contributed by atoms with Crippen LogP contribution in [0.25, 0.3) is 11.4 Å². The number of H-pyrrole nitrogens is 1. The van der Waals surface area contributed by atoms with Crippen LogP contribution < -0.4 is 16.0 Å². The van der Waals surface area contributed by atoms with E-state index in [-0.39, 0.29) is 30.1 Å². The molecule has 0 spiro atoms. The smallest absolute Gasteiger partial charge is 0.251 e. The van der Waals surface area contributed by atoms with Gasteiger partial charge in [0.1, 0.15) is 17.7 Å². The summed E-state index contributed by atoms with van der Waals surface area (Å²) in [7, 11) is 3.18. The van der Waals surface area contributed by atoms with E-state index in [9.17, 15) is 24.0 Å². The van der Waals surface area contributed by atoms with Crippen LogP contribution in [0.5, 0.6) is 0 Å². The number of likely N-dealkylation sites (tertiary alicyclic amines) is 1. The van der Waals surface area contributed by atoms with Gasteiger partial charge >= 0.3 is 0 Å². The first kappa shape index (κ1) is 32.5. The van der Waals surface area contributed by atoms with Crippen LogP contribution in [0.2, 0.25) is 0 Å². The highest BCUT2D eigenvalue weighted by Gasteiger charge is 2.44. The summed E-state index contributed by atoms with van der Waals surface area (Å²) in [5.41, 5.74) is 4.47. The highest BCUT2D eigenvalue weighted by atomic mass is 19.1. The number of fused-ring (bicyclic) bond motifs is 2. The zero-order valence-electron chi connectivity index (χ0n) is 26.9. The topological polar surface area (TPSA) is 156 Å². The van der Waals surface area contributed by atoms with Crippen molar-refractivity contribution in [3.63, 3.8) is 0 Å². The van der Waals surface area contributed by atoms with Crippen LogP contribution in [0.1, 0.15) is 68.1 Å². The number of carbonyl (C=O) groups is 3. The molecule has 4 N–H and O–H groups in total. The fourth-order valence-corrected chi connectivity index (χ4v) is 7.03. The van der Waals surface area contributed by atoms with Crippen LogP contribution in [0.3, 0.4) is 0 Å². The molecule has 1 fully saturated rings. The van der Waals surface area contributed by atoms with E-state index in [1.54, 1.807) is 43.3 Å². The molecule has 1 unspecified atom stereocenters. The lowest BCUT2D eigenvalue weighted by Gasteiger charge is -2.35. The Balaban J connectivity index is 1.47. The third-order valence-corrected chi connectivity index (χ3v) is 9.46. The summed E-state index contributed by atoms with van der Waals surface area (Å²) in [6.07, 6.45) is 3.11. The van der Waals surface area contributed by atoms with Gasteiger partial charge in [-0.3, -0.25) is 14.4 Å². The summed E-state index contributed by atoms with van der Waals surface area (Å²) in [5, 5.41) is 27.4. The standard InChI is InChI=1S/C36H37FN8O3/c1-39-33(47)25-9-13-29-23(18-25)5-6-24-19-26(34(48)40-2)10-14-30(24)36(29,15-16-41-21-31(46)45-17-3-4-28(45)20-38)35-42-32(43-44-35)22-7-11-27(37)12-8-22/h7-14,18-19,28,41H,3-6,15-17,21H2,1-2H3,(H,39,47)(H,40,48)(H,42,43,44). The van der Waals surface area contributed by atoms with Crippen LogP contribution in [-0.2, 0) is 23.1 Å². The minimum absolute atomic E-state index is 0.0659. The van der Waals surface area contributed by atoms with Crippen molar-refractivity contribution in [2.75, 3.05) is 33.7 Å². The van der Waals surface area contributed by atoms with Crippen LogP contribution >= 0.6 is 0 Å². The van der Waals surface area contributed by atoms with E-state index >= 15 is 0 Å². The van der Waals surface area contributed by atoms with E-state index in [2.05, 4.69) is 32.1 Å². The molecule has 2 aliphatic rings. The number of nitrogens with zero attached hydrogens (tertiary/aromatic N) is 4. The maximum atomic E-state index is 13.8. The van der Waals surface area contributed by atoms with Gasteiger partial charge < -0.3 is 25.8 Å². The number of aryl methyl sites for hydroxylation is 2. The number of aromatic amines is 1. The molecule has 1 aromatic heterocycles. The molecule has 0 bridgehead atoms. The van der Waals surface area contributed by atoms with Crippen LogP contribution in [0.15, 0.2) is 60.7 Å². The minimum Gasteiger partial charge on any atom is -0.355 e. The Morgan fingerprint density at radius 1 is 0.958 bits per heavy atom. The lowest BCUT2D eigenvalue weighted by Crippen LogP contribution is -2.42. The Hall–Kier alpha value is -5.41. The van der Waals surface area contributed by atoms with Gasteiger partial charge in [0, 0.05) is 37.3 Å². The number of carbonyl (C=O) groups excluding carboxylic acids is 3. The highest BCUT2D eigenvalue weighted by Crippen LogP contribution is 2.46. The fraction of sp³-hybridized carbons (Fsp3) is 0.333. The summed E-state index contributed by atoms with van der Waals surface area (Å²) in [6, 6.07) is 19.1. The van der Waals surface area contributed by atoms with Gasteiger partial charge in [-0.05, 0) is 109 Å². The Kier molecular flexibility index (Phi) is 9.32. The van der Waals surface area contributed by atoms with Crippen molar-refractivity contribution >= 4 is 17.7 Å². The third-order valence-electron chi connectivity index (χ3n) is 9.46. The van der Waals surface area contributed by atoms with Crippen molar-refractivity contribution in [1.29, 1.82) is 5.26 Å². The summed E-state index contributed by atoms with van der Waals surface area (Å²) in [6.45, 7) is 1.02. The summed E-state index contributed by atoms with van der Waals surface area (Å²) >= 11 is 0. The van der Waals surface area contributed by atoms with Gasteiger partial charge in [0.25, 0.3) is 11.8 Å². The molecule has 0 saturated carbocycles. The second kappa shape index (κ2) is 13.8. The number of nitrogens with one attached hydrogen (secondary N) is 4. The second-order valence-corrected chi connectivity index (χ2v) is 12.1. The van der Waals surface area contributed by atoms with Crippen molar-refractivity contribution in [2.24, 2.45) is 0 Å². The fourth-order valence-electron chi connectivity index (χ4n) is 7.03. The SMILES string of the molecule is CNC(=O)c1ccc2c(c1)CCc1cc(C(=O)NC)ccc1C2(CCNCC(=O)N1CCCC1C#N)c1nnc(-c2ccc(F)cc2)[nH]1. The Morgan fingerprint density at radius 2 is 1.58 bits per heavy atom. The molecule has 12 heteroatoms. The van der Waals surface area contributed by atoms with Gasteiger partial charge in [-0.2, -0.15) is 5.26 Å². The predicted molar refractivity (Wildman–Crippen MR) is 177 cm³/mol. The van der Waals surface area contributed by atoms with Crippen LogP contribution in [-0.4, -0.2) is 77.6 Å². The van der Waals surface area contributed by atoms with Gasteiger partial charge in [-0.1, -0.05) is 12.1 Å². The second-order valence-electron chi connectivity index (χ2n) is 12.1. The Bertz CT molecular complexity index is 1830. The van der Waals surface area contributed by atoms with Gasteiger partial charge in [-0.25, -0.2) is 4.39 Å². The molecule has 246 valence electrons. The number of amides is 3. The number of hydrogen-bond donors (Lipinski definition) is 4. The lowest BCUT2D eigenvalue weighted by molar-refractivity contribution is -0.130. The quantitative estimate of drug-likeness (QED) is 0.203. The van der Waals surface area contributed by atoms with Gasteiger partial charge in [0.15, 0.2) is 5.82 Å². The molecule has 1 atom stereocenters. The molecular formula is C36H37FN8O3. The molecule has 3 aromatic carbocycles. The first-order valence-electron chi connectivity index (χ1n) is 16.1. The summed E-state index contributed by atoms with van der Waals surface area (Å²) < 4.78 is 13.8. The largest absolute Gasteiger partial charge is 0.355 e. The van der Waals surface area contributed by atoms with E-state index in [1.807, 2.05) is 24.3 Å². The van der Waals surface area contributed by atoms with Crippen molar-refractivity contribution in [3.05, 3.63) is 106 Å². The van der Waals surface area contributed by atoms with Crippen molar-refractivity contribution in [3.8, 4) is 17.5 Å². The molecule has 3 amide bonds. The number of aromatic nitrogens is 3. The van der Waals surface area contributed by atoms with E-state index in [0.29, 0.717) is 67.1 Å². The maximum Gasteiger partial charge on any atom is 0.251 e. The summed E-state index contributed by atoms with van der Waals surface area (Å²) in [5.74, 6) is 0.0879. The van der Waals surface area contributed by atoms with Gasteiger partial charge in [0.2, 0.25) is 5.91 Å². The molecule has 6 rings (SSSR count). The lowest BCUT2D eigenvalue weighted by atomic mass is 9.69. The van der Waals surface area contributed by atoms with Gasteiger partial charge in [0.05, 0.1) is 18.0 Å². The predicted octanol–water partition coefficient (Wildman–Crippen LogP) is 3.26. The maximum absolute atomic E-state index is 13.8. The van der Waals surface area contributed by atoms with E-state index in [0.717, 1.165) is 28.7 Å². The molecule has 11 nitrogen and oxygen atoms in total. The molecule has 1 aliphatic heterocycles. The van der Waals surface area contributed by atoms with Crippen molar-refractivity contribution < 1.29 is 18.8 Å². The van der Waals surface area contributed by atoms with E-state index in [4.69, 9.17) is 5.10 Å². The Morgan fingerprint density at radius 3 is 2.17 bits per heavy atom. The minimum atomic E-state index is -0.951. The van der Waals surface area contributed by atoms with E-state index < -0.39 is 11.5 Å². The molecule has 1 saturated heterocycles. The molecular weight excluding hydrogens is 611 g/mol. The van der Waals surface area contributed by atoms with Crippen molar-refractivity contribution in [2.45, 2.75) is 43.6 Å². The molecule has 2 heterocycles. The average molecular weight is 649 g/mol. The zero-order chi connectivity index (χ0) is 33.8. The first-order valence-corrected chi connectivity index (χ1v) is 16.1. The van der Waals surface area contributed by atoms with Gasteiger partial charge in [-0.15, -0.1) is 10.2 Å². The molecule has 4 aromatic rings. The first-order chi connectivity index (χ1) is 23.3. The number of hydrogen-bond acceptors (Lipinski definition) is 7. The van der Waals surface area contributed by atoms with Crippen molar-refractivity contribution in [1.82, 2.24) is 36.0 Å².